The summed E-state index contributed by atoms with van der Waals surface area (Å²) in [5.41, 5.74) is 0. The van der Waals surface area contributed by atoms with Crippen molar-refractivity contribution in [3.8, 4) is 0 Å². The Bertz CT molecular complexity index is 367. The van der Waals surface area contributed by atoms with Gasteiger partial charge in [-0.2, -0.15) is 4.98 Å². The molecule has 1 aromatic rings. The fourth-order valence-electron chi connectivity index (χ4n) is 2.37. The van der Waals surface area contributed by atoms with Crippen molar-refractivity contribution in [1.82, 2.24) is 9.97 Å². The molecule has 0 unspecified atom stereocenters. The average Bonchev–Trinajstić information content (AvgIpc) is 2.82. The van der Waals surface area contributed by atoms with E-state index in [1.165, 1.54) is 32.1 Å². The molecule has 0 bridgehead atoms. The number of nitrogens with one attached hydrogen (secondary N) is 1. The van der Waals surface area contributed by atoms with Crippen molar-refractivity contribution < 1.29 is 4.39 Å². The molecule has 0 radical (unpaired) electrons. The molecule has 0 saturated heterocycles. The molecule has 1 aromatic heterocycles. The standard InChI is InChI=1S/C12H17ClFN3/c13-12-16-8-10(14)11(17-12)15-7-3-6-9-4-1-2-5-9/h8-9H,1-7H2,(H,15,16,17). The van der Waals surface area contributed by atoms with Crippen LogP contribution in [-0.2, 0) is 0 Å². The quantitative estimate of drug-likeness (QED) is 0.646. The topological polar surface area (TPSA) is 37.8 Å². The van der Waals surface area contributed by atoms with Crippen LogP contribution in [0.3, 0.4) is 0 Å². The van der Waals surface area contributed by atoms with Crippen LogP contribution in [0.1, 0.15) is 38.5 Å². The van der Waals surface area contributed by atoms with Crippen LogP contribution in [0.4, 0.5) is 10.2 Å². The maximum absolute atomic E-state index is 13.3. The van der Waals surface area contributed by atoms with Crippen molar-refractivity contribution in [2.24, 2.45) is 5.92 Å². The van der Waals surface area contributed by atoms with E-state index in [9.17, 15) is 4.39 Å². The van der Waals surface area contributed by atoms with Crippen LogP contribution < -0.4 is 5.32 Å². The minimum Gasteiger partial charge on any atom is -0.367 e. The molecule has 1 saturated carbocycles. The highest BCUT2D eigenvalue weighted by molar-refractivity contribution is 6.28. The van der Waals surface area contributed by atoms with Gasteiger partial charge in [0.1, 0.15) is 0 Å². The zero-order chi connectivity index (χ0) is 12.1. The van der Waals surface area contributed by atoms with E-state index in [2.05, 4.69) is 15.3 Å². The number of anilines is 1. The maximum Gasteiger partial charge on any atom is 0.224 e. The van der Waals surface area contributed by atoms with E-state index in [1.807, 2.05) is 0 Å². The number of hydrogen-bond acceptors (Lipinski definition) is 3. The van der Waals surface area contributed by atoms with Crippen molar-refractivity contribution in [1.29, 1.82) is 0 Å². The van der Waals surface area contributed by atoms with E-state index in [4.69, 9.17) is 11.6 Å². The van der Waals surface area contributed by atoms with Crippen molar-refractivity contribution >= 4 is 17.4 Å². The second-order valence-electron chi connectivity index (χ2n) is 4.56. The van der Waals surface area contributed by atoms with Gasteiger partial charge in [0.15, 0.2) is 11.6 Å². The monoisotopic (exact) mass is 257 g/mol. The summed E-state index contributed by atoms with van der Waals surface area (Å²) in [5.74, 6) is 0.627. The highest BCUT2D eigenvalue weighted by Gasteiger charge is 2.14. The van der Waals surface area contributed by atoms with Crippen LogP contribution in [0.2, 0.25) is 5.28 Å². The summed E-state index contributed by atoms with van der Waals surface area (Å²) >= 11 is 5.60. The molecule has 0 aliphatic heterocycles. The van der Waals surface area contributed by atoms with E-state index in [0.29, 0.717) is 0 Å². The molecule has 1 N–H and O–H groups in total. The van der Waals surface area contributed by atoms with Crippen LogP contribution in [0.15, 0.2) is 6.20 Å². The summed E-state index contributed by atoms with van der Waals surface area (Å²) in [6.07, 6.45) is 8.80. The third-order valence-corrected chi connectivity index (χ3v) is 3.45. The molecule has 3 nitrogen and oxygen atoms in total. The van der Waals surface area contributed by atoms with Gasteiger partial charge in [-0.25, -0.2) is 9.37 Å². The Morgan fingerprint density at radius 1 is 1.41 bits per heavy atom. The molecule has 1 heterocycles. The molecule has 94 valence electrons. The zero-order valence-corrected chi connectivity index (χ0v) is 10.5. The van der Waals surface area contributed by atoms with E-state index in [0.717, 1.165) is 25.1 Å². The van der Waals surface area contributed by atoms with Crippen molar-refractivity contribution in [2.75, 3.05) is 11.9 Å². The van der Waals surface area contributed by atoms with Crippen molar-refractivity contribution in [3.05, 3.63) is 17.3 Å². The summed E-state index contributed by atoms with van der Waals surface area (Å²) in [6.45, 7) is 0.737. The predicted octanol–water partition coefficient (Wildman–Crippen LogP) is 3.65. The molecule has 2 rings (SSSR count). The lowest BCUT2D eigenvalue weighted by Gasteiger charge is -2.09. The largest absolute Gasteiger partial charge is 0.367 e. The Balaban J connectivity index is 1.72. The van der Waals surface area contributed by atoms with Gasteiger partial charge in [-0.15, -0.1) is 0 Å². The first-order chi connectivity index (χ1) is 8.25. The lowest BCUT2D eigenvalue weighted by atomic mass is 10.0. The third-order valence-electron chi connectivity index (χ3n) is 3.27. The summed E-state index contributed by atoms with van der Waals surface area (Å²) < 4.78 is 13.3. The van der Waals surface area contributed by atoms with Crippen molar-refractivity contribution in [2.45, 2.75) is 38.5 Å². The molecule has 5 heteroatoms. The maximum atomic E-state index is 13.3. The van der Waals surface area contributed by atoms with Crippen LogP contribution in [0.25, 0.3) is 0 Å². The molecule has 0 aromatic carbocycles. The first kappa shape index (κ1) is 12.6. The number of rotatable bonds is 5. The van der Waals surface area contributed by atoms with E-state index < -0.39 is 5.82 Å². The lowest BCUT2D eigenvalue weighted by Crippen LogP contribution is -2.07. The molecular weight excluding hydrogens is 241 g/mol. The number of hydrogen-bond donors (Lipinski definition) is 1. The summed E-state index contributed by atoms with van der Waals surface area (Å²) in [7, 11) is 0. The smallest absolute Gasteiger partial charge is 0.224 e. The molecule has 0 amide bonds. The molecule has 0 spiro atoms. The predicted molar refractivity (Wildman–Crippen MR) is 66.7 cm³/mol. The summed E-state index contributed by atoms with van der Waals surface area (Å²) in [5, 5.41) is 3.04. The SMILES string of the molecule is Fc1cnc(Cl)nc1NCCCC1CCCC1. The van der Waals surface area contributed by atoms with Gasteiger partial charge in [0, 0.05) is 6.54 Å². The first-order valence-electron chi connectivity index (χ1n) is 6.17. The Morgan fingerprint density at radius 2 is 2.18 bits per heavy atom. The minimum absolute atomic E-state index is 0.0738. The van der Waals surface area contributed by atoms with Gasteiger partial charge < -0.3 is 5.32 Å². The van der Waals surface area contributed by atoms with Gasteiger partial charge in [0.2, 0.25) is 5.28 Å². The Kier molecular flexibility index (Phi) is 4.54. The van der Waals surface area contributed by atoms with Crippen LogP contribution in [0, 0.1) is 11.7 Å². The zero-order valence-electron chi connectivity index (χ0n) is 9.75. The normalized spacial score (nSPS) is 16.4. The fourth-order valence-corrected chi connectivity index (χ4v) is 2.50. The van der Waals surface area contributed by atoms with E-state index in [1.54, 1.807) is 0 Å². The van der Waals surface area contributed by atoms with Crippen LogP contribution in [0.5, 0.6) is 0 Å². The summed E-state index contributed by atoms with van der Waals surface area (Å²) in [4.78, 5) is 7.38. The second kappa shape index (κ2) is 6.15. The molecule has 1 fully saturated rings. The second-order valence-corrected chi connectivity index (χ2v) is 4.89. The Morgan fingerprint density at radius 3 is 2.94 bits per heavy atom. The molecular formula is C12H17ClFN3. The van der Waals surface area contributed by atoms with Gasteiger partial charge in [0.25, 0.3) is 0 Å². The highest BCUT2D eigenvalue weighted by Crippen LogP contribution is 2.28. The van der Waals surface area contributed by atoms with Crippen molar-refractivity contribution in [3.63, 3.8) is 0 Å². The number of halogens is 2. The summed E-state index contributed by atoms with van der Waals surface area (Å²) in [6, 6.07) is 0. The van der Waals surface area contributed by atoms with Gasteiger partial charge in [-0.05, 0) is 30.4 Å². The van der Waals surface area contributed by atoms with Crippen LogP contribution in [-0.4, -0.2) is 16.5 Å². The van der Waals surface area contributed by atoms with Crippen LogP contribution >= 0.6 is 11.6 Å². The molecule has 0 atom stereocenters. The average molecular weight is 258 g/mol. The highest BCUT2D eigenvalue weighted by atomic mass is 35.5. The lowest BCUT2D eigenvalue weighted by molar-refractivity contribution is 0.490. The van der Waals surface area contributed by atoms with Gasteiger partial charge in [-0.3, -0.25) is 0 Å². The first-order valence-corrected chi connectivity index (χ1v) is 6.55. The number of aromatic nitrogens is 2. The third kappa shape index (κ3) is 3.80. The molecule has 1 aliphatic rings. The van der Waals surface area contributed by atoms with E-state index in [-0.39, 0.29) is 11.1 Å². The molecule has 17 heavy (non-hydrogen) atoms. The fraction of sp³-hybridized carbons (Fsp3) is 0.667. The van der Waals surface area contributed by atoms with Gasteiger partial charge in [0.05, 0.1) is 6.20 Å². The van der Waals surface area contributed by atoms with Gasteiger partial charge >= 0.3 is 0 Å². The molecule has 1 aliphatic carbocycles. The van der Waals surface area contributed by atoms with E-state index >= 15 is 0 Å². The van der Waals surface area contributed by atoms with Gasteiger partial charge in [-0.1, -0.05) is 25.7 Å². The minimum atomic E-state index is -0.449. The Hall–Kier alpha value is -0.900. The number of nitrogens with zero attached hydrogens (tertiary/aromatic N) is 2. The Labute approximate surface area is 106 Å².